The van der Waals surface area contributed by atoms with Gasteiger partial charge in [0, 0.05) is 25.5 Å². The lowest BCUT2D eigenvalue weighted by Crippen LogP contribution is -2.17. The van der Waals surface area contributed by atoms with Gasteiger partial charge in [-0.15, -0.1) is 0 Å². The molecule has 0 saturated heterocycles. The first kappa shape index (κ1) is 17.3. The maximum Gasteiger partial charge on any atom is 0.275 e. The molecule has 0 fully saturated rings. The molecule has 1 N–H and O–H groups in total. The fourth-order valence-corrected chi connectivity index (χ4v) is 3.65. The molecule has 1 aromatic carbocycles. The van der Waals surface area contributed by atoms with Crippen molar-refractivity contribution in [1.82, 2.24) is 24.3 Å². The van der Waals surface area contributed by atoms with Crippen LogP contribution in [0.3, 0.4) is 0 Å². The Morgan fingerprint density at radius 1 is 0.931 bits per heavy atom. The van der Waals surface area contributed by atoms with Crippen molar-refractivity contribution >= 4 is 11.8 Å². The molecule has 1 aliphatic rings. The van der Waals surface area contributed by atoms with Crippen LogP contribution in [0.2, 0.25) is 0 Å². The van der Waals surface area contributed by atoms with Gasteiger partial charge in [0.05, 0.1) is 17.0 Å². The molecule has 7 nitrogen and oxygen atoms in total. The molecule has 144 valence electrons. The van der Waals surface area contributed by atoms with Crippen LogP contribution in [0.25, 0.3) is 22.5 Å². The molecule has 4 heterocycles. The summed E-state index contributed by atoms with van der Waals surface area (Å²) in [6, 6.07) is 13.3. The number of nitrogens with one attached hydrogen (secondary N) is 1. The van der Waals surface area contributed by atoms with Crippen molar-refractivity contribution in [3.8, 4) is 22.5 Å². The second kappa shape index (κ2) is 6.97. The Morgan fingerprint density at radius 2 is 1.76 bits per heavy atom. The molecular formula is C21H17FN6O. The van der Waals surface area contributed by atoms with Gasteiger partial charge in [-0.25, -0.2) is 24.0 Å². The van der Waals surface area contributed by atoms with Crippen LogP contribution in [-0.4, -0.2) is 24.3 Å². The lowest BCUT2D eigenvalue weighted by Gasteiger charge is -2.10. The van der Waals surface area contributed by atoms with Gasteiger partial charge >= 0.3 is 0 Å². The van der Waals surface area contributed by atoms with Gasteiger partial charge in [0.1, 0.15) is 11.6 Å². The van der Waals surface area contributed by atoms with Crippen LogP contribution in [0.15, 0.2) is 65.7 Å². The van der Waals surface area contributed by atoms with Crippen LogP contribution in [-0.2, 0) is 13.1 Å². The minimum absolute atomic E-state index is 0.0954. The highest BCUT2D eigenvalue weighted by Crippen LogP contribution is 2.31. The molecule has 0 bridgehead atoms. The number of fused-ring (bicyclic) bond motifs is 1. The van der Waals surface area contributed by atoms with Crippen molar-refractivity contribution in [2.75, 3.05) is 5.32 Å². The summed E-state index contributed by atoms with van der Waals surface area (Å²) >= 11 is 0. The van der Waals surface area contributed by atoms with Crippen molar-refractivity contribution < 1.29 is 4.39 Å². The molecule has 29 heavy (non-hydrogen) atoms. The summed E-state index contributed by atoms with van der Waals surface area (Å²) in [5.41, 5.74) is 2.42. The van der Waals surface area contributed by atoms with E-state index in [1.54, 1.807) is 35.3 Å². The zero-order chi connectivity index (χ0) is 19.8. The molecule has 0 amide bonds. The van der Waals surface area contributed by atoms with Crippen molar-refractivity contribution in [3.63, 3.8) is 0 Å². The standard InChI is InChI=1S/C21H17FN6O/c22-15-7-5-14(6-8-15)18-19(27-12-3-13-28(27)20(18)29)16-9-11-24-21(25-16)26-17-4-1-2-10-23-17/h1-2,4-11H,3,12-13H2,(H,23,24,25,26). The molecule has 0 unspecified atom stereocenters. The second-order valence-electron chi connectivity index (χ2n) is 6.74. The first-order valence-electron chi connectivity index (χ1n) is 9.32. The number of hydrogen-bond donors (Lipinski definition) is 1. The Morgan fingerprint density at radius 3 is 2.55 bits per heavy atom. The minimum Gasteiger partial charge on any atom is -0.309 e. The van der Waals surface area contributed by atoms with E-state index in [0.29, 0.717) is 40.8 Å². The maximum atomic E-state index is 13.4. The summed E-state index contributed by atoms with van der Waals surface area (Å²) in [4.78, 5) is 26.2. The first-order valence-corrected chi connectivity index (χ1v) is 9.32. The average Bonchev–Trinajstić information content (AvgIpc) is 3.32. The zero-order valence-corrected chi connectivity index (χ0v) is 15.4. The highest BCUT2D eigenvalue weighted by Gasteiger charge is 2.26. The van der Waals surface area contributed by atoms with Gasteiger partial charge in [-0.1, -0.05) is 18.2 Å². The highest BCUT2D eigenvalue weighted by atomic mass is 19.1. The largest absolute Gasteiger partial charge is 0.309 e. The normalized spacial score (nSPS) is 12.7. The summed E-state index contributed by atoms with van der Waals surface area (Å²) in [6.07, 6.45) is 4.21. The Bertz CT molecular complexity index is 1230. The van der Waals surface area contributed by atoms with E-state index in [0.717, 1.165) is 13.0 Å². The maximum absolute atomic E-state index is 13.4. The molecule has 3 aromatic heterocycles. The van der Waals surface area contributed by atoms with Gasteiger partial charge in [0.25, 0.3) is 5.56 Å². The van der Waals surface area contributed by atoms with Crippen molar-refractivity contribution in [1.29, 1.82) is 0 Å². The van der Waals surface area contributed by atoms with E-state index in [2.05, 4.69) is 20.3 Å². The number of pyridine rings is 1. The summed E-state index contributed by atoms with van der Waals surface area (Å²) < 4.78 is 17.1. The monoisotopic (exact) mass is 388 g/mol. The number of halogens is 1. The third-order valence-corrected chi connectivity index (χ3v) is 4.91. The fraction of sp³-hybridized carbons (Fsp3) is 0.143. The minimum atomic E-state index is -0.342. The molecule has 4 aromatic rings. The molecule has 0 saturated carbocycles. The van der Waals surface area contributed by atoms with E-state index < -0.39 is 0 Å². The Hall–Kier alpha value is -3.81. The molecule has 1 aliphatic heterocycles. The lowest BCUT2D eigenvalue weighted by atomic mass is 10.0. The second-order valence-corrected chi connectivity index (χ2v) is 6.74. The average molecular weight is 388 g/mol. The topological polar surface area (TPSA) is 77.6 Å². The number of benzene rings is 1. The number of hydrogen-bond acceptors (Lipinski definition) is 5. The van der Waals surface area contributed by atoms with Crippen LogP contribution in [0, 0.1) is 5.82 Å². The summed E-state index contributed by atoms with van der Waals surface area (Å²) in [7, 11) is 0. The number of nitrogens with zero attached hydrogens (tertiary/aromatic N) is 5. The van der Waals surface area contributed by atoms with Crippen molar-refractivity contribution in [3.05, 3.63) is 77.1 Å². The zero-order valence-electron chi connectivity index (χ0n) is 15.4. The fourth-order valence-electron chi connectivity index (χ4n) is 3.65. The van der Waals surface area contributed by atoms with Crippen LogP contribution >= 0.6 is 0 Å². The van der Waals surface area contributed by atoms with Crippen LogP contribution in [0.4, 0.5) is 16.2 Å². The van der Waals surface area contributed by atoms with E-state index in [-0.39, 0.29) is 11.4 Å². The summed E-state index contributed by atoms with van der Waals surface area (Å²) in [5, 5.41) is 3.08. The molecule has 8 heteroatoms. The van der Waals surface area contributed by atoms with Crippen molar-refractivity contribution in [2.24, 2.45) is 0 Å². The first-order chi connectivity index (χ1) is 14.2. The Balaban J connectivity index is 1.65. The van der Waals surface area contributed by atoms with Gasteiger partial charge in [-0.3, -0.25) is 9.48 Å². The Kier molecular flexibility index (Phi) is 4.16. The molecule has 0 spiro atoms. The van der Waals surface area contributed by atoms with Gasteiger partial charge in [0.15, 0.2) is 0 Å². The van der Waals surface area contributed by atoms with Gasteiger partial charge in [-0.05, 0) is 42.3 Å². The molecule has 5 rings (SSSR count). The summed E-state index contributed by atoms with van der Waals surface area (Å²) in [5.74, 6) is 0.672. The third kappa shape index (κ3) is 3.08. The molecular weight excluding hydrogens is 371 g/mol. The van der Waals surface area contributed by atoms with Crippen molar-refractivity contribution in [2.45, 2.75) is 19.5 Å². The smallest absolute Gasteiger partial charge is 0.275 e. The van der Waals surface area contributed by atoms with E-state index in [9.17, 15) is 9.18 Å². The third-order valence-electron chi connectivity index (χ3n) is 4.91. The number of anilines is 2. The predicted octanol–water partition coefficient (Wildman–Crippen LogP) is 3.46. The quantitative estimate of drug-likeness (QED) is 0.579. The van der Waals surface area contributed by atoms with E-state index >= 15 is 0 Å². The Labute approximate surface area is 165 Å². The van der Waals surface area contributed by atoms with Crippen LogP contribution < -0.4 is 10.9 Å². The van der Waals surface area contributed by atoms with E-state index in [1.807, 2.05) is 22.9 Å². The predicted molar refractivity (Wildman–Crippen MR) is 107 cm³/mol. The number of aromatic nitrogens is 5. The van der Waals surface area contributed by atoms with Crippen LogP contribution in [0.5, 0.6) is 0 Å². The molecule has 0 aliphatic carbocycles. The molecule has 0 radical (unpaired) electrons. The van der Waals surface area contributed by atoms with E-state index in [4.69, 9.17) is 0 Å². The van der Waals surface area contributed by atoms with Crippen LogP contribution in [0.1, 0.15) is 6.42 Å². The highest BCUT2D eigenvalue weighted by molar-refractivity contribution is 5.79. The van der Waals surface area contributed by atoms with Gasteiger partial charge < -0.3 is 5.32 Å². The number of rotatable bonds is 4. The SMILES string of the molecule is O=c1c(-c2ccc(F)cc2)c(-c2ccnc(Nc3ccccn3)n2)n2n1CCC2. The van der Waals surface area contributed by atoms with Gasteiger partial charge in [-0.2, -0.15) is 0 Å². The summed E-state index contributed by atoms with van der Waals surface area (Å²) in [6.45, 7) is 1.37. The van der Waals surface area contributed by atoms with E-state index in [1.165, 1.54) is 12.1 Å². The molecule has 0 atom stereocenters. The van der Waals surface area contributed by atoms with Gasteiger partial charge in [0.2, 0.25) is 5.95 Å². The lowest BCUT2D eigenvalue weighted by molar-refractivity contribution is 0.599.